The van der Waals surface area contributed by atoms with Crippen LogP contribution >= 0.6 is 11.6 Å². The van der Waals surface area contributed by atoms with Crippen LogP contribution in [0.4, 0.5) is 0 Å². The average Bonchev–Trinajstić information content (AvgIpc) is 2.38. The smallest absolute Gasteiger partial charge is 0.336 e. The van der Waals surface area contributed by atoms with Gasteiger partial charge in [0.2, 0.25) is 0 Å². The van der Waals surface area contributed by atoms with E-state index in [1.54, 1.807) is 30.3 Å². The summed E-state index contributed by atoms with van der Waals surface area (Å²) in [5.74, 6) is -1.48. The molecule has 0 radical (unpaired) electrons. The average molecular weight is 261 g/mol. The van der Waals surface area contributed by atoms with Crippen molar-refractivity contribution >= 4 is 23.4 Å². The molecular weight excluding hydrogens is 252 g/mol. The first kappa shape index (κ1) is 12.3. The van der Waals surface area contributed by atoms with E-state index >= 15 is 0 Å². The Hall–Kier alpha value is -2.13. The summed E-state index contributed by atoms with van der Waals surface area (Å²) in [6.07, 6.45) is 0. The summed E-state index contributed by atoms with van der Waals surface area (Å²) in [5, 5.41) is 9.48. The zero-order valence-corrected chi connectivity index (χ0v) is 10.0. The second kappa shape index (κ2) is 5.02. The van der Waals surface area contributed by atoms with Crippen molar-refractivity contribution in [3.05, 3.63) is 70.2 Å². The van der Waals surface area contributed by atoms with Gasteiger partial charge in [0.05, 0.1) is 5.56 Å². The Balaban J connectivity index is 2.50. The lowest BCUT2D eigenvalue weighted by molar-refractivity contribution is 0.0693. The van der Waals surface area contributed by atoms with E-state index in [-0.39, 0.29) is 16.9 Å². The zero-order chi connectivity index (χ0) is 13.1. The standard InChI is InChI=1S/C14H9ClO3/c15-10-5-3-4-9(8-10)13(16)11-6-1-2-7-12(11)14(17)18/h1-8H,(H,17,18). The van der Waals surface area contributed by atoms with Gasteiger partial charge in [0.1, 0.15) is 0 Å². The van der Waals surface area contributed by atoms with E-state index in [9.17, 15) is 9.59 Å². The Morgan fingerprint density at radius 1 is 0.944 bits per heavy atom. The van der Waals surface area contributed by atoms with Gasteiger partial charge in [-0.2, -0.15) is 0 Å². The van der Waals surface area contributed by atoms with Gasteiger partial charge in [-0.05, 0) is 18.2 Å². The Kier molecular flexibility index (Phi) is 3.44. The van der Waals surface area contributed by atoms with Crippen molar-refractivity contribution < 1.29 is 14.7 Å². The van der Waals surface area contributed by atoms with Crippen LogP contribution in [0, 0.1) is 0 Å². The zero-order valence-electron chi connectivity index (χ0n) is 9.26. The molecule has 0 aliphatic rings. The lowest BCUT2D eigenvalue weighted by Gasteiger charge is -2.05. The molecule has 2 aromatic rings. The lowest BCUT2D eigenvalue weighted by atomic mass is 9.98. The first-order chi connectivity index (χ1) is 8.59. The van der Waals surface area contributed by atoms with Gasteiger partial charge in [-0.3, -0.25) is 4.79 Å². The number of carboxylic acids is 1. The van der Waals surface area contributed by atoms with Crippen molar-refractivity contribution in [1.82, 2.24) is 0 Å². The topological polar surface area (TPSA) is 54.4 Å². The van der Waals surface area contributed by atoms with E-state index in [1.165, 1.54) is 18.2 Å². The summed E-state index contributed by atoms with van der Waals surface area (Å²) in [4.78, 5) is 23.2. The minimum absolute atomic E-state index is 0.0116. The van der Waals surface area contributed by atoms with E-state index in [0.717, 1.165) is 0 Å². The molecule has 0 saturated heterocycles. The Labute approximate surface area is 109 Å². The van der Waals surface area contributed by atoms with E-state index in [4.69, 9.17) is 16.7 Å². The minimum Gasteiger partial charge on any atom is -0.478 e. The maximum atomic E-state index is 12.2. The number of ketones is 1. The van der Waals surface area contributed by atoms with Crippen LogP contribution in [-0.2, 0) is 0 Å². The van der Waals surface area contributed by atoms with Crippen molar-refractivity contribution in [3.8, 4) is 0 Å². The number of hydrogen-bond acceptors (Lipinski definition) is 2. The van der Waals surface area contributed by atoms with Crippen LogP contribution in [-0.4, -0.2) is 16.9 Å². The molecule has 0 atom stereocenters. The van der Waals surface area contributed by atoms with Crippen molar-refractivity contribution in [3.63, 3.8) is 0 Å². The predicted molar refractivity (Wildman–Crippen MR) is 68.3 cm³/mol. The summed E-state index contributed by atoms with van der Waals surface area (Å²) in [5.41, 5.74) is 0.519. The van der Waals surface area contributed by atoms with Crippen LogP contribution < -0.4 is 0 Å². The van der Waals surface area contributed by atoms with Gasteiger partial charge in [-0.25, -0.2) is 4.79 Å². The summed E-state index contributed by atoms with van der Waals surface area (Å²) in [7, 11) is 0. The largest absolute Gasteiger partial charge is 0.478 e. The first-order valence-corrected chi connectivity index (χ1v) is 5.60. The second-order valence-electron chi connectivity index (χ2n) is 3.69. The van der Waals surface area contributed by atoms with E-state index in [2.05, 4.69) is 0 Å². The third-order valence-electron chi connectivity index (χ3n) is 2.49. The van der Waals surface area contributed by atoms with Crippen LogP contribution in [0.5, 0.6) is 0 Å². The molecule has 0 fully saturated rings. The number of hydrogen-bond donors (Lipinski definition) is 1. The molecule has 0 aliphatic heterocycles. The van der Waals surface area contributed by atoms with Gasteiger partial charge < -0.3 is 5.11 Å². The third-order valence-corrected chi connectivity index (χ3v) is 2.72. The highest BCUT2D eigenvalue weighted by Crippen LogP contribution is 2.17. The number of carbonyl (C=O) groups excluding carboxylic acids is 1. The number of benzene rings is 2. The van der Waals surface area contributed by atoms with Gasteiger partial charge in [0.15, 0.2) is 5.78 Å². The van der Waals surface area contributed by atoms with Crippen molar-refractivity contribution in [2.24, 2.45) is 0 Å². The lowest BCUT2D eigenvalue weighted by Crippen LogP contribution is -2.09. The summed E-state index contributed by atoms with van der Waals surface area (Å²) >= 11 is 5.81. The van der Waals surface area contributed by atoms with E-state index in [1.807, 2.05) is 0 Å². The van der Waals surface area contributed by atoms with Gasteiger partial charge in [-0.15, -0.1) is 0 Å². The van der Waals surface area contributed by atoms with Gasteiger partial charge in [-0.1, -0.05) is 41.9 Å². The number of rotatable bonds is 3. The highest BCUT2D eigenvalue weighted by molar-refractivity contribution is 6.31. The maximum Gasteiger partial charge on any atom is 0.336 e. The van der Waals surface area contributed by atoms with Crippen molar-refractivity contribution in [2.45, 2.75) is 0 Å². The van der Waals surface area contributed by atoms with Crippen LogP contribution in [0.2, 0.25) is 5.02 Å². The van der Waals surface area contributed by atoms with Crippen LogP contribution in [0.25, 0.3) is 0 Å². The molecule has 4 heteroatoms. The summed E-state index contributed by atoms with van der Waals surface area (Å²) < 4.78 is 0. The van der Waals surface area contributed by atoms with Gasteiger partial charge in [0.25, 0.3) is 0 Å². The molecule has 0 heterocycles. The van der Waals surface area contributed by atoms with Gasteiger partial charge >= 0.3 is 5.97 Å². The Morgan fingerprint density at radius 2 is 1.61 bits per heavy atom. The molecular formula is C14H9ClO3. The molecule has 0 bridgehead atoms. The highest BCUT2D eigenvalue weighted by Gasteiger charge is 2.17. The molecule has 2 aromatic carbocycles. The first-order valence-electron chi connectivity index (χ1n) is 5.22. The molecule has 0 unspecified atom stereocenters. The molecule has 90 valence electrons. The molecule has 0 saturated carbocycles. The molecule has 0 aromatic heterocycles. The second-order valence-corrected chi connectivity index (χ2v) is 4.13. The minimum atomic E-state index is -1.12. The number of carboxylic acid groups (broad SMARTS) is 1. The monoisotopic (exact) mass is 260 g/mol. The van der Waals surface area contributed by atoms with Crippen LogP contribution in [0.15, 0.2) is 48.5 Å². The fraction of sp³-hybridized carbons (Fsp3) is 0. The SMILES string of the molecule is O=C(O)c1ccccc1C(=O)c1cccc(Cl)c1. The summed E-state index contributed by atoms with van der Waals surface area (Å²) in [6, 6.07) is 12.5. The molecule has 18 heavy (non-hydrogen) atoms. The van der Waals surface area contributed by atoms with Crippen LogP contribution in [0.3, 0.4) is 0 Å². The predicted octanol–water partition coefficient (Wildman–Crippen LogP) is 3.27. The molecule has 2 rings (SSSR count). The van der Waals surface area contributed by atoms with E-state index in [0.29, 0.717) is 10.6 Å². The quantitative estimate of drug-likeness (QED) is 0.862. The van der Waals surface area contributed by atoms with Crippen molar-refractivity contribution in [2.75, 3.05) is 0 Å². The normalized spacial score (nSPS) is 10.1. The van der Waals surface area contributed by atoms with E-state index < -0.39 is 5.97 Å². The summed E-state index contributed by atoms with van der Waals surface area (Å²) in [6.45, 7) is 0. The number of aromatic carboxylic acids is 1. The van der Waals surface area contributed by atoms with Crippen LogP contribution in [0.1, 0.15) is 26.3 Å². The number of carbonyl (C=O) groups is 2. The van der Waals surface area contributed by atoms with Crippen molar-refractivity contribution in [1.29, 1.82) is 0 Å². The Morgan fingerprint density at radius 3 is 2.22 bits per heavy atom. The molecule has 0 spiro atoms. The molecule has 0 aliphatic carbocycles. The third kappa shape index (κ3) is 2.41. The highest BCUT2D eigenvalue weighted by atomic mass is 35.5. The number of halogens is 1. The fourth-order valence-corrected chi connectivity index (χ4v) is 1.84. The molecule has 0 amide bonds. The van der Waals surface area contributed by atoms with Gasteiger partial charge in [0, 0.05) is 16.1 Å². The molecule has 3 nitrogen and oxygen atoms in total. The molecule has 1 N–H and O–H groups in total. The maximum absolute atomic E-state index is 12.2. The fourth-order valence-electron chi connectivity index (χ4n) is 1.65. The Bertz CT molecular complexity index is 620.